The number of carbonyl (C=O) groups is 1. The van der Waals surface area contributed by atoms with Crippen LogP contribution in [0.25, 0.3) is 4.85 Å². The minimum Gasteiger partial charge on any atom is -0.465 e. The summed E-state index contributed by atoms with van der Waals surface area (Å²) in [5.74, 6) is -1.54. The number of halogens is 3. The van der Waals surface area contributed by atoms with Crippen molar-refractivity contribution in [3.8, 4) is 5.75 Å². The molecular formula is C10H6F3NO3. The Bertz CT molecular complexity index is 477. The Morgan fingerprint density at radius 3 is 2.53 bits per heavy atom. The van der Waals surface area contributed by atoms with Crippen molar-refractivity contribution in [3.63, 3.8) is 0 Å². The van der Waals surface area contributed by atoms with Crippen molar-refractivity contribution in [1.82, 2.24) is 0 Å². The van der Waals surface area contributed by atoms with Crippen molar-refractivity contribution in [2.75, 3.05) is 7.11 Å². The highest BCUT2D eigenvalue weighted by Gasteiger charge is 2.32. The molecule has 1 rings (SSSR count). The Morgan fingerprint density at radius 1 is 1.41 bits per heavy atom. The monoisotopic (exact) mass is 245 g/mol. The van der Waals surface area contributed by atoms with Crippen LogP contribution in [0.4, 0.5) is 18.9 Å². The van der Waals surface area contributed by atoms with Gasteiger partial charge in [0.25, 0.3) is 0 Å². The molecule has 1 aromatic rings. The molecule has 0 aliphatic carbocycles. The molecule has 4 nitrogen and oxygen atoms in total. The number of methoxy groups -OCH3 is 1. The van der Waals surface area contributed by atoms with Crippen LogP contribution < -0.4 is 4.74 Å². The molecule has 17 heavy (non-hydrogen) atoms. The lowest BCUT2D eigenvalue weighted by atomic mass is 10.2. The van der Waals surface area contributed by atoms with Crippen LogP contribution in [0.1, 0.15) is 10.4 Å². The highest BCUT2D eigenvalue weighted by atomic mass is 19.4. The summed E-state index contributed by atoms with van der Waals surface area (Å²) in [6, 6.07) is 3.05. The maximum absolute atomic E-state index is 12.0. The number of benzene rings is 1. The van der Waals surface area contributed by atoms with Crippen molar-refractivity contribution in [2.45, 2.75) is 6.36 Å². The molecule has 7 heteroatoms. The summed E-state index contributed by atoms with van der Waals surface area (Å²) >= 11 is 0. The summed E-state index contributed by atoms with van der Waals surface area (Å²) in [6.45, 7) is 6.68. The van der Waals surface area contributed by atoms with Crippen molar-refractivity contribution in [3.05, 3.63) is 35.2 Å². The van der Waals surface area contributed by atoms with Crippen LogP contribution in [0, 0.1) is 6.57 Å². The Balaban J connectivity index is 3.17. The molecule has 0 aliphatic rings. The molecule has 0 saturated carbocycles. The van der Waals surface area contributed by atoms with Gasteiger partial charge in [0.15, 0.2) is 0 Å². The first kappa shape index (κ1) is 12.8. The Hall–Kier alpha value is -2.23. The molecule has 0 atom stereocenters. The van der Waals surface area contributed by atoms with E-state index >= 15 is 0 Å². The number of nitrogens with zero attached hydrogens (tertiary/aromatic N) is 1. The van der Waals surface area contributed by atoms with Gasteiger partial charge in [-0.2, -0.15) is 0 Å². The lowest BCUT2D eigenvalue weighted by molar-refractivity contribution is -0.274. The van der Waals surface area contributed by atoms with E-state index in [0.717, 1.165) is 19.2 Å². The molecule has 0 unspecified atom stereocenters. The number of rotatable bonds is 2. The minimum atomic E-state index is -4.92. The van der Waals surface area contributed by atoms with E-state index in [9.17, 15) is 18.0 Å². The molecule has 0 amide bonds. The summed E-state index contributed by atoms with van der Waals surface area (Å²) < 4.78 is 44.1. The summed E-state index contributed by atoms with van der Waals surface area (Å²) in [5.41, 5.74) is -0.464. The normalized spacial score (nSPS) is 10.5. The fraction of sp³-hybridized carbons (Fsp3) is 0.200. The van der Waals surface area contributed by atoms with Gasteiger partial charge in [-0.3, -0.25) is 0 Å². The fourth-order valence-corrected chi connectivity index (χ4v) is 1.06. The highest BCUT2D eigenvalue weighted by molar-refractivity contribution is 5.90. The summed E-state index contributed by atoms with van der Waals surface area (Å²) in [6.07, 6.45) is -4.92. The number of hydrogen-bond acceptors (Lipinski definition) is 3. The van der Waals surface area contributed by atoms with Crippen LogP contribution >= 0.6 is 0 Å². The summed E-state index contributed by atoms with van der Waals surface area (Å²) in [5, 5.41) is 0. The van der Waals surface area contributed by atoms with Crippen LogP contribution in [-0.4, -0.2) is 19.4 Å². The first-order valence-corrected chi connectivity index (χ1v) is 4.23. The predicted octanol–water partition coefficient (Wildman–Crippen LogP) is 2.92. The van der Waals surface area contributed by atoms with Crippen LogP contribution in [0.3, 0.4) is 0 Å². The largest absolute Gasteiger partial charge is 0.571 e. The lowest BCUT2D eigenvalue weighted by Crippen LogP contribution is -2.17. The molecular weight excluding hydrogens is 239 g/mol. The standard InChI is InChI=1S/C10H6F3NO3/c1-14-7-4-3-6(9(15)16-2)5-8(7)17-10(11,12)13/h3-5H,2H3. The SMILES string of the molecule is [C-]#[N+]c1ccc(C(=O)OC)cc1OC(F)(F)F. The van der Waals surface area contributed by atoms with Gasteiger partial charge in [0, 0.05) is 0 Å². The van der Waals surface area contributed by atoms with E-state index < -0.39 is 18.1 Å². The smallest absolute Gasteiger partial charge is 0.465 e. The molecule has 0 heterocycles. The molecule has 0 spiro atoms. The van der Waals surface area contributed by atoms with Crippen LogP contribution in [0.15, 0.2) is 18.2 Å². The molecule has 1 aromatic carbocycles. The lowest BCUT2D eigenvalue weighted by Gasteiger charge is -2.11. The second-order valence-electron chi connectivity index (χ2n) is 2.83. The average Bonchev–Trinajstić information content (AvgIpc) is 2.25. The Morgan fingerprint density at radius 2 is 2.06 bits per heavy atom. The molecule has 90 valence electrons. The average molecular weight is 245 g/mol. The van der Waals surface area contributed by atoms with Gasteiger partial charge in [-0.15, -0.1) is 13.2 Å². The predicted molar refractivity (Wildman–Crippen MR) is 50.7 cm³/mol. The zero-order chi connectivity index (χ0) is 13.1. The minimum absolute atomic E-state index is 0.126. The van der Waals surface area contributed by atoms with E-state index in [-0.39, 0.29) is 11.3 Å². The van der Waals surface area contributed by atoms with Crippen LogP contribution in [0.5, 0.6) is 5.75 Å². The molecule has 0 aliphatic heterocycles. The van der Waals surface area contributed by atoms with Crippen molar-refractivity contribution in [2.24, 2.45) is 0 Å². The zero-order valence-electron chi connectivity index (χ0n) is 8.54. The van der Waals surface area contributed by atoms with Gasteiger partial charge < -0.3 is 9.47 Å². The van der Waals surface area contributed by atoms with Crippen molar-refractivity contribution < 1.29 is 27.4 Å². The maximum Gasteiger partial charge on any atom is 0.571 e. The quantitative estimate of drug-likeness (QED) is 0.594. The molecule has 0 aromatic heterocycles. The van der Waals surface area contributed by atoms with Gasteiger partial charge in [0.1, 0.15) is 5.75 Å². The molecule has 0 saturated heterocycles. The Kier molecular flexibility index (Phi) is 3.58. The van der Waals surface area contributed by atoms with Gasteiger partial charge in [0.05, 0.1) is 19.2 Å². The molecule has 0 radical (unpaired) electrons. The number of carbonyl (C=O) groups excluding carboxylic acids is 1. The van der Waals surface area contributed by atoms with Gasteiger partial charge >= 0.3 is 12.3 Å². The zero-order valence-corrected chi connectivity index (χ0v) is 8.54. The number of hydrogen-bond donors (Lipinski definition) is 0. The van der Waals surface area contributed by atoms with Crippen LogP contribution in [-0.2, 0) is 4.74 Å². The van der Waals surface area contributed by atoms with Crippen molar-refractivity contribution >= 4 is 11.7 Å². The summed E-state index contributed by atoms with van der Waals surface area (Å²) in [7, 11) is 1.09. The third kappa shape index (κ3) is 3.38. The van der Waals surface area contributed by atoms with E-state index in [2.05, 4.69) is 14.3 Å². The van der Waals surface area contributed by atoms with E-state index in [4.69, 9.17) is 6.57 Å². The summed E-state index contributed by atoms with van der Waals surface area (Å²) in [4.78, 5) is 13.9. The fourth-order valence-electron chi connectivity index (χ4n) is 1.06. The first-order valence-electron chi connectivity index (χ1n) is 4.23. The highest BCUT2D eigenvalue weighted by Crippen LogP contribution is 2.33. The van der Waals surface area contributed by atoms with E-state index in [1.54, 1.807) is 0 Å². The number of esters is 1. The first-order chi connectivity index (χ1) is 7.87. The van der Waals surface area contributed by atoms with E-state index in [1.165, 1.54) is 6.07 Å². The van der Waals surface area contributed by atoms with E-state index in [0.29, 0.717) is 0 Å². The third-order valence-corrected chi connectivity index (χ3v) is 1.73. The topological polar surface area (TPSA) is 39.9 Å². The van der Waals surface area contributed by atoms with Gasteiger partial charge in [-0.1, -0.05) is 12.1 Å². The number of alkyl halides is 3. The molecule has 0 N–H and O–H groups in total. The second kappa shape index (κ2) is 4.74. The van der Waals surface area contributed by atoms with Gasteiger partial charge in [-0.05, 0) is 6.07 Å². The van der Waals surface area contributed by atoms with Crippen molar-refractivity contribution in [1.29, 1.82) is 0 Å². The third-order valence-electron chi connectivity index (χ3n) is 1.73. The maximum atomic E-state index is 12.0. The molecule has 0 fully saturated rings. The second-order valence-corrected chi connectivity index (χ2v) is 2.83. The van der Waals surface area contributed by atoms with E-state index in [1.807, 2.05) is 0 Å². The van der Waals surface area contributed by atoms with Crippen LogP contribution in [0.2, 0.25) is 0 Å². The van der Waals surface area contributed by atoms with Gasteiger partial charge in [-0.25, -0.2) is 9.64 Å². The number of ether oxygens (including phenoxy) is 2. The Labute approximate surface area is 94.4 Å². The van der Waals surface area contributed by atoms with Gasteiger partial charge in [0.2, 0.25) is 5.69 Å². The molecule has 0 bridgehead atoms.